The van der Waals surface area contributed by atoms with Gasteiger partial charge in [-0.15, -0.1) is 0 Å². The molecule has 0 radical (unpaired) electrons. The zero-order valence-electron chi connectivity index (χ0n) is 16.2. The van der Waals surface area contributed by atoms with E-state index in [4.69, 9.17) is 11.6 Å². The van der Waals surface area contributed by atoms with Gasteiger partial charge in [0, 0.05) is 19.2 Å². The number of likely N-dealkylation sites (tertiary alicyclic amines) is 1. The van der Waals surface area contributed by atoms with Crippen molar-refractivity contribution in [1.29, 1.82) is 0 Å². The third-order valence-electron chi connectivity index (χ3n) is 5.37. The van der Waals surface area contributed by atoms with Crippen molar-refractivity contribution in [3.8, 4) is 0 Å². The van der Waals surface area contributed by atoms with Gasteiger partial charge in [-0.3, -0.25) is 19.2 Å². The highest BCUT2D eigenvalue weighted by Gasteiger charge is 2.26. The van der Waals surface area contributed by atoms with Crippen molar-refractivity contribution in [3.05, 3.63) is 58.9 Å². The number of fused-ring (bicyclic) bond motifs is 1. The molecule has 0 unspecified atom stereocenters. The van der Waals surface area contributed by atoms with Crippen molar-refractivity contribution >= 4 is 29.1 Å². The molecule has 1 N–H and O–H groups in total. The Kier molecular flexibility index (Phi) is 5.97. The molecular formula is C21H24ClN5O2. The minimum atomic E-state index is -0.279. The van der Waals surface area contributed by atoms with Crippen molar-refractivity contribution in [3.63, 3.8) is 0 Å². The maximum Gasteiger partial charge on any atom is 0.259 e. The van der Waals surface area contributed by atoms with Crippen LogP contribution in [0.5, 0.6) is 0 Å². The number of hydrogen-bond acceptors (Lipinski definition) is 4. The number of nitrogens with zero attached hydrogens (tertiary/aromatic N) is 4. The summed E-state index contributed by atoms with van der Waals surface area (Å²) in [6, 6.07) is 7.08. The summed E-state index contributed by atoms with van der Waals surface area (Å²) in [7, 11) is 0. The molecular weight excluding hydrogens is 390 g/mol. The average Bonchev–Trinajstić information content (AvgIpc) is 3.38. The van der Waals surface area contributed by atoms with E-state index in [9.17, 15) is 9.59 Å². The summed E-state index contributed by atoms with van der Waals surface area (Å²) in [6.07, 6.45) is 7.60. The Bertz CT molecular complexity index is 933. The van der Waals surface area contributed by atoms with Gasteiger partial charge in [0.15, 0.2) is 0 Å². The molecule has 1 aromatic heterocycles. The van der Waals surface area contributed by atoms with Crippen molar-refractivity contribution < 1.29 is 9.59 Å². The molecule has 2 aliphatic rings. The van der Waals surface area contributed by atoms with E-state index in [-0.39, 0.29) is 11.8 Å². The Morgan fingerprint density at radius 3 is 2.72 bits per heavy atom. The molecule has 0 atom stereocenters. The van der Waals surface area contributed by atoms with E-state index in [2.05, 4.69) is 15.3 Å². The third kappa shape index (κ3) is 4.52. The molecule has 4 rings (SSSR count). The molecule has 3 heterocycles. The fraction of sp³-hybridized carbons (Fsp3) is 0.381. The van der Waals surface area contributed by atoms with Gasteiger partial charge in [-0.25, -0.2) is 0 Å². The Morgan fingerprint density at radius 1 is 1.14 bits per heavy atom. The second-order valence-corrected chi connectivity index (χ2v) is 7.74. The highest BCUT2D eigenvalue weighted by Crippen LogP contribution is 2.23. The van der Waals surface area contributed by atoms with E-state index in [1.165, 1.54) is 12.8 Å². The zero-order chi connectivity index (χ0) is 20.2. The van der Waals surface area contributed by atoms with Crippen LogP contribution in [0.4, 0.5) is 5.69 Å². The Labute approximate surface area is 174 Å². The fourth-order valence-corrected chi connectivity index (χ4v) is 3.93. The van der Waals surface area contributed by atoms with E-state index in [1.54, 1.807) is 40.1 Å². The number of para-hydroxylation sites is 1. The molecule has 2 aliphatic heterocycles. The number of nitrogens with one attached hydrogen (secondary N) is 1. The minimum absolute atomic E-state index is 0.0332. The number of anilines is 1. The van der Waals surface area contributed by atoms with Gasteiger partial charge in [0.1, 0.15) is 0 Å². The molecule has 0 aliphatic carbocycles. The van der Waals surface area contributed by atoms with Gasteiger partial charge in [0.05, 0.1) is 41.3 Å². The first kappa shape index (κ1) is 19.7. The lowest BCUT2D eigenvalue weighted by atomic mass is 10.1. The van der Waals surface area contributed by atoms with Gasteiger partial charge < -0.3 is 10.2 Å². The molecule has 7 nitrogen and oxygen atoms in total. The molecule has 0 spiro atoms. The number of rotatable bonds is 5. The van der Waals surface area contributed by atoms with Crippen molar-refractivity contribution in [2.24, 2.45) is 0 Å². The largest absolute Gasteiger partial charge is 0.331 e. The zero-order valence-corrected chi connectivity index (χ0v) is 16.9. The maximum atomic E-state index is 12.7. The predicted molar refractivity (Wildman–Crippen MR) is 112 cm³/mol. The SMILES string of the molecule is O=C(Nc1ccccc1Cl)c1cnn2c1CN(C(=O)/C=C/CN1CCCC1)CC2. The number of amides is 2. The van der Waals surface area contributed by atoms with Gasteiger partial charge >= 0.3 is 0 Å². The minimum Gasteiger partial charge on any atom is -0.331 e. The van der Waals surface area contributed by atoms with Crippen molar-refractivity contribution in [2.45, 2.75) is 25.9 Å². The van der Waals surface area contributed by atoms with Crippen molar-refractivity contribution in [1.82, 2.24) is 19.6 Å². The monoisotopic (exact) mass is 413 g/mol. The summed E-state index contributed by atoms with van der Waals surface area (Å²) >= 11 is 6.13. The van der Waals surface area contributed by atoms with Gasteiger partial charge in [-0.2, -0.15) is 5.10 Å². The summed E-state index contributed by atoms with van der Waals surface area (Å²) in [4.78, 5) is 29.4. The van der Waals surface area contributed by atoms with Crippen LogP contribution >= 0.6 is 11.6 Å². The number of aromatic nitrogens is 2. The van der Waals surface area contributed by atoms with Crippen LogP contribution in [0.3, 0.4) is 0 Å². The van der Waals surface area contributed by atoms with Crippen LogP contribution in [0.2, 0.25) is 5.02 Å². The van der Waals surface area contributed by atoms with E-state index < -0.39 is 0 Å². The molecule has 1 aromatic carbocycles. The number of benzene rings is 1. The first-order chi connectivity index (χ1) is 14.1. The van der Waals surface area contributed by atoms with E-state index in [1.807, 2.05) is 12.1 Å². The van der Waals surface area contributed by atoms with E-state index in [0.717, 1.165) is 25.3 Å². The Balaban J connectivity index is 1.41. The number of carbonyl (C=O) groups excluding carboxylic acids is 2. The number of halogens is 1. The predicted octanol–water partition coefficient (Wildman–Crippen LogP) is 2.78. The lowest BCUT2D eigenvalue weighted by Gasteiger charge is -2.27. The fourth-order valence-electron chi connectivity index (χ4n) is 3.75. The molecule has 1 saturated heterocycles. The average molecular weight is 414 g/mol. The molecule has 0 saturated carbocycles. The lowest BCUT2D eigenvalue weighted by Crippen LogP contribution is -2.38. The third-order valence-corrected chi connectivity index (χ3v) is 5.70. The Hall–Kier alpha value is -2.64. The van der Waals surface area contributed by atoms with Crippen LogP contribution in [-0.4, -0.2) is 57.6 Å². The van der Waals surface area contributed by atoms with Gasteiger partial charge in [0.25, 0.3) is 5.91 Å². The molecule has 1 fully saturated rings. The second-order valence-electron chi connectivity index (χ2n) is 7.33. The van der Waals surface area contributed by atoms with Gasteiger partial charge in [-0.1, -0.05) is 29.8 Å². The maximum absolute atomic E-state index is 12.7. The lowest BCUT2D eigenvalue weighted by molar-refractivity contribution is -0.127. The molecule has 152 valence electrons. The summed E-state index contributed by atoms with van der Waals surface area (Å²) < 4.78 is 1.79. The molecule has 2 amide bonds. The molecule has 29 heavy (non-hydrogen) atoms. The van der Waals surface area contributed by atoms with Crippen LogP contribution in [0.25, 0.3) is 0 Å². The van der Waals surface area contributed by atoms with Crippen LogP contribution in [0.1, 0.15) is 28.9 Å². The Morgan fingerprint density at radius 2 is 1.93 bits per heavy atom. The highest BCUT2D eigenvalue weighted by atomic mass is 35.5. The smallest absolute Gasteiger partial charge is 0.259 e. The van der Waals surface area contributed by atoms with Crippen molar-refractivity contribution in [2.75, 3.05) is 31.5 Å². The van der Waals surface area contributed by atoms with Gasteiger partial charge in [-0.05, 0) is 38.1 Å². The molecule has 0 bridgehead atoms. The number of hydrogen-bond donors (Lipinski definition) is 1. The summed E-state index contributed by atoms with van der Waals surface area (Å²) in [5.74, 6) is -0.313. The summed E-state index contributed by atoms with van der Waals surface area (Å²) in [5, 5.41) is 7.61. The van der Waals surface area contributed by atoms with E-state index >= 15 is 0 Å². The first-order valence-corrected chi connectivity index (χ1v) is 10.3. The van der Waals surface area contributed by atoms with Crippen LogP contribution in [0.15, 0.2) is 42.6 Å². The first-order valence-electron chi connectivity index (χ1n) is 9.90. The normalized spacial score (nSPS) is 16.9. The van der Waals surface area contributed by atoms with Crippen LogP contribution < -0.4 is 5.32 Å². The summed E-state index contributed by atoms with van der Waals surface area (Å²) in [5.41, 5.74) is 1.75. The molecule has 2 aromatic rings. The quantitative estimate of drug-likeness (QED) is 0.765. The van der Waals surface area contributed by atoms with Crippen LogP contribution in [0, 0.1) is 0 Å². The number of carbonyl (C=O) groups is 2. The van der Waals surface area contributed by atoms with Gasteiger partial charge in [0.2, 0.25) is 5.91 Å². The topological polar surface area (TPSA) is 70.5 Å². The standard InChI is InChI=1S/C21H24ClN5O2/c22-17-6-1-2-7-18(17)24-21(29)16-14-23-27-13-12-26(15-19(16)27)20(28)8-5-11-25-9-3-4-10-25/h1-2,5-8,14H,3-4,9-13,15H2,(H,24,29)/b8-5+. The van der Waals surface area contributed by atoms with E-state index in [0.29, 0.717) is 35.9 Å². The highest BCUT2D eigenvalue weighted by molar-refractivity contribution is 6.33. The summed E-state index contributed by atoms with van der Waals surface area (Å²) in [6.45, 7) is 4.52. The molecule has 8 heteroatoms. The van der Waals surface area contributed by atoms with Crippen LogP contribution in [-0.2, 0) is 17.9 Å². The second kappa shape index (κ2) is 8.80.